The Kier molecular flexibility index (Phi) is 2.95. The van der Waals surface area contributed by atoms with E-state index in [0.29, 0.717) is 0 Å². The smallest absolute Gasteiger partial charge is 0.287 e. The van der Waals surface area contributed by atoms with Crippen LogP contribution in [0.5, 0.6) is 0 Å². The van der Waals surface area contributed by atoms with Crippen LogP contribution < -0.4 is 10.6 Å². The van der Waals surface area contributed by atoms with Crippen LogP contribution in [0, 0.1) is 0 Å². The molecule has 1 atom stereocenters. The summed E-state index contributed by atoms with van der Waals surface area (Å²) in [6, 6.07) is -0.774. The van der Waals surface area contributed by atoms with Crippen LogP contribution in [0.25, 0.3) is 0 Å². The standard InChI is InChI=1S/C8H10N2O4/c1-4(11)7(13)9-5-2-3-6(12)10-8(5)14/h5H,2-3H2,1H3,(H,9,13)(H,10,12,14). The van der Waals surface area contributed by atoms with Gasteiger partial charge in [-0.3, -0.25) is 24.5 Å². The molecule has 2 N–H and O–H groups in total. The van der Waals surface area contributed by atoms with E-state index in [9.17, 15) is 19.2 Å². The predicted molar refractivity (Wildman–Crippen MR) is 45.0 cm³/mol. The first-order valence-electron chi connectivity index (χ1n) is 4.16. The molecule has 0 radical (unpaired) electrons. The monoisotopic (exact) mass is 198 g/mol. The molecule has 0 saturated carbocycles. The van der Waals surface area contributed by atoms with Crippen molar-refractivity contribution in [1.29, 1.82) is 0 Å². The Bertz CT molecular complexity index is 310. The van der Waals surface area contributed by atoms with Gasteiger partial charge in [-0.25, -0.2) is 0 Å². The van der Waals surface area contributed by atoms with Gasteiger partial charge in [0.2, 0.25) is 17.6 Å². The molecule has 1 unspecified atom stereocenters. The molecule has 0 aromatic rings. The molecule has 1 fully saturated rings. The van der Waals surface area contributed by atoms with Crippen LogP contribution in [0.15, 0.2) is 0 Å². The quantitative estimate of drug-likeness (QED) is 0.417. The van der Waals surface area contributed by atoms with Gasteiger partial charge in [-0.05, 0) is 6.42 Å². The van der Waals surface area contributed by atoms with Crippen LogP contribution in [0.2, 0.25) is 0 Å². The number of nitrogens with one attached hydrogen (secondary N) is 2. The van der Waals surface area contributed by atoms with E-state index in [2.05, 4.69) is 10.6 Å². The Morgan fingerprint density at radius 2 is 2.07 bits per heavy atom. The van der Waals surface area contributed by atoms with Crippen LogP contribution in [-0.2, 0) is 19.2 Å². The number of ketones is 1. The fourth-order valence-electron chi connectivity index (χ4n) is 1.09. The van der Waals surface area contributed by atoms with Gasteiger partial charge in [-0.2, -0.15) is 0 Å². The minimum Gasteiger partial charge on any atom is -0.338 e. The summed E-state index contributed by atoms with van der Waals surface area (Å²) >= 11 is 0. The highest BCUT2D eigenvalue weighted by Gasteiger charge is 2.28. The van der Waals surface area contributed by atoms with Crippen molar-refractivity contribution in [2.24, 2.45) is 0 Å². The second-order valence-electron chi connectivity index (χ2n) is 3.03. The summed E-state index contributed by atoms with van der Waals surface area (Å²) in [6.07, 6.45) is 0.415. The van der Waals surface area contributed by atoms with Crippen molar-refractivity contribution in [2.45, 2.75) is 25.8 Å². The lowest BCUT2D eigenvalue weighted by Gasteiger charge is -2.20. The molecule has 1 saturated heterocycles. The maximum atomic E-state index is 11.1. The molecule has 0 aromatic heterocycles. The number of amides is 3. The fraction of sp³-hybridized carbons (Fsp3) is 0.500. The number of hydrogen-bond acceptors (Lipinski definition) is 4. The zero-order valence-corrected chi connectivity index (χ0v) is 7.62. The number of rotatable bonds is 2. The maximum absolute atomic E-state index is 11.1. The van der Waals surface area contributed by atoms with Crippen LogP contribution in [0.1, 0.15) is 19.8 Å². The van der Waals surface area contributed by atoms with Crippen LogP contribution in [0.4, 0.5) is 0 Å². The summed E-state index contributed by atoms with van der Waals surface area (Å²) in [6.45, 7) is 1.11. The van der Waals surface area contributed by atoms with Crippen LogP contribution in [0.3, 0.4) is 0 Å². The van der Waals surface area contributed by atoms with Gasteiger partial charge < -0.3 is 5.32 Å². The Morgan fingerprint density at radius 1 is 1.43 bits per heavy atom. The Morgan fingerprint density at radius 3 is 2.57 bits per heavy atom. The first-order chi connectivity index (χ1) is 6.50. The second kappa shape index (κ2) is 3.99. The van der Waals surface area contributed by atoms with E-state index in [-0.39, 0.29) is 18.7 Å². The van der Waals surface area contributed by atoms with E-state index in [1.807, 2.05) is 0 Å². The van der Waals surface area contributed by atoms with Crippen molar-refractivity contribution in [3.8, 4) is 0 Å². The molecule has 76 valence electrons. The van der Waals surface area contributed by atoms with Gasteiger partial charge in [0.05, 0.1) is 0 Å². The summed E-state index contributed by atoms with van der Waals surface area (Å²) in [5.41, 5.74) is 0. The molecule has 0 spiro atoms. The molecule has 0 aromatic carbocycles. The number of Topliss-reactive ketones (excluding diaryl/α,β-unsaturated/α-hetero) is 1. The summed E-state index contributed by atoms with van der Waals surface area (Å²) in [4.78, 5) is 43.3. The molecular formula is C8H10N2O4. The zero-order valence-electron chi connectivity index (χ0n) is 7.62. The van der Waals surface area contributed by atoms with Crippen molar-refractivity contribution in [1.82, 2.24) is 10.6 Å². The van der Waals surface area contributed by atoms with E-state index in [0.717, 1.165) is 6.92 Å². The topological polar surface area (TPSA) is 92.3 Å². The fourth-order valence-corrected chi connectivity index (χ4v) is 1.09. The van der Waals surface area contributed by atoms with Crippen LogP contribution in [-0.4, -0.2) is 29.5 Å². The zero-order chi connectivity index (χ0) is 10.7. The minimum absolute atomic E-state index is 0.175. The lowest BCUT2D eigenvalue weighted by atomic mass is 10.1. The first-order valence-corrected chi connectivity index (χ1v) is 4.16. The average Bonchev–Trinajstić information content (AvgIpc) is 2.09. The Balaban J connectivity index is 2.54. The van der Waals surface area contributed by atoms with Gasteiger partial charge in [-0.15, -0.1) is 0 Å². The third kappa shape index (κ3) is 2.38. The third-order valence-corrected chi connectivity index (χ3v) is 1.86. The van der Waals surface area contributed by atoms with Crippen LogP contribution >= 0.6 is 0 Å². The van der Waals surface area contributed by atoms with Crippen molar-refractivity contribution in [3.63, 3.8) is 0 Å². The molecule has 1 aliphatic heterocycles. The Labute approximate surface area is 80.0 Å². The molecule has 6 heteroatoms. The van der Waals surface area contributed by atoms with Gasteiger partial charge in [-0.1, -0.05) is 0 Å². The molecule has 6 nitrogen and oxygen atoms in total. The molecule has 14 heavy (non-hydrogen) atoms. The van der Waals surface area contributed by atoms with E-state index >= 15 is 0 Å². The van der Waals surface area contributed by atoms with Crippen molar-refractivity contribution in [3.05, 3.63) is 0 Å². The summed E-state index contributed by atoms with van der Waals surface area (Å²) in [5, 5.41) is 4.31. The molecule has 1 heterocycles. The van der Waals surface area contributed by atoms with Gasteiger partial charge in [0, 0.05) is 13.3 Å². The normalized spacial score (nSPS) is 21.4. The molecule has 1 aliphatic rings. The number of imide groups is 1. The van der Waals surface area contributed by atoms with E-state index in [4.69, 9.17) is 0 Å². The van der Waals surface area contributed by atoms with Gasteiger partial charge >= 0.3 is 0 Å². The molecule has 0 bridgehead atoms. The number of carbonyl (C=O) groups is 4. The van der Waals surface area contributed by atoms with Crippen molar-refractivity contribution < 1.29 is 19.2 Å². The largest absolute Gasteiger partial charge is 0.338 e. The number of carbonyl (C=O) groups excluding carboxylic acids is 4. The lowest BCUT2D eigenvalue weighted by molar-refractivity contribution is -0.140. The number of hydrogen-bond donors (Lipinski definition) is 2. The second-order valence-corrected chi connectivity index (χ2v) is 3.03. The highest BCUT2D eigenvalue weighted by molar-refractivity contribution is 6.35. The van der Waals surface area contributed by atoms with E-state index in [1.165, 1.54) is 0 Å². The van der Waals surface area contributed by atoms with Gasteiger partial charge in [0.1, 0.15) is 6.04 Å². The highest BCUT2D eigenvalue weighted by atomic mass is 16.2. The first kappa shape index (κ1) is 10.4. The summed E-state index contributed by atoms with van der Waals surface area (Å²) in [5.74, 6) is -2.38. The lowest BCUT2D eigenvalue weighted by Crippen LogP contribution is -2.53. The third-order valence-electron chi connectivity index (χ3n) is 1.86. The highest BCUT2D eigenvalue weighted by Crippen LogP contribution is 2.03. The summed E-state index contributed by atoms with van der Waals surface area (Å²) in [7, 11) is 0. The molecule has 0 aliphatic carbocycles. The molecule has 3 amide bonds. The SMILES string of the molecule is CC(=O)C(=O)NC1CCC(=O)NC1=O. The summed E-state index contributed by atoms with van der Waals surface area (Å²) < 4.78 is 0. The van der Waals surface area contributed by atoms with Crippen molar-refractivity contribution in [2.75, 3.05) is 0 Å². The Hall–Kier alpha value is -1.72. The van der Waals surface area contributed by atoms with E-state index in [1.54, 1.807) is 0 Å². The van der Waals surface area contributed by atoms with Gasteiger partial charge in [0.25, 0.3) is 5.91 Å². The predicted octanol–water partition coefficient (Wildman–Crippen LogP) is -1.50. The molecular weight excluding hydrogens is 188 g/mol. The number of piperidine rings is 1. The average molecular weight is 198 g/mol. The minimum atomic E-state index is -0.806. The maximum Gasteiger partial charge on any atom is 0.287 e. The van der Waals surface area contributed by atoms with E-state index < -0.39 is 23.6 Å². The van der Waals surface area contributed by atoms with Gasteiger partial charge in [0.15, 0.2) is 0 Å². The van der Waals surface area contributed by atoms with Crippen molar-refractivity contribution >= 4 is 23.5 Å². The molecule has 1 rings (SSSR count).